The van der Waals surface area contributed by atoms with Crippen LogP contribution >= 0.6 is 11.6 Å². The number of nitro groups is 1. The standard InChI is InChI=1S/C19H11F5N2O2.C15H11ClF3NO4/c20-12-6-7-16(15(21)10-12)26-17(27)14-5-2-8-25-18(14)28-13-4-1-3-11(9-13)19(22,23)24;1-2-23-14-8-10(4-5-12(14)20(21)22)24-13-6-3-9(7-11(13)16)15(17,18)19/h1-10H,(H,26,27);3-8H,2H2,1H3. The van der Waals surface area contributed by atoms with E-state index in [2.05, 4.69) is 10.3 Å². The SMILES string of the molecule is CCOc1cc(Oc2ccc(C(F)(F)F)cc2Cl)ccc1[N+](=O)[O-].O=C(Nc1ccc(F)cc1F)c1cccnc1Oc1cccc(C(F)(F)F)c1. The van der Waals surface area contributed by atoms with E-state index in [9.17, 15) is 50.0 Å². The molecule has 0 saturated carbocycles. The summed E-state index contributed by atoms with van der Waals surface area (Å²) in [5, 5.41) is 12.9. The third-order valence-corrected chi connectivity index (χ3v) is 6.78. The van der Waals surface area contributed by atoms with Crippen LogP contribution in [0.5, 0.6) is 28.9 Å². The molecule has 0 fully saturated rings. The Hall–Kier alpha value is -5.97. The smallest absolute Gasteiger partial charge is 0.416 e. The number of nitrogens with zero attached hydrogens (tertiary/aromatic N) is 2. The highest BCUT2D eigenvalue weighted by atomic mass is 35.5. The summed E-state index contributed by atoms with van der Waals surface area (Å²) in [4.78, 5) is 26.6. The molecule has 1 N–H and O–H groups in total. The van der Waals surface area contributed by atoms with Crippen LogP contribution in [-0.2, 0) is 12.4 Å². The van der Waals surface area contributed by atoms with Crippen molar-refractivity contribution in [2.24, 2.45) is 0 Å². The first kappa shape index (κ1) is 38.8. The number of carbonyl (C=O) groups excluding carboxylic acids is 1. The Bertz CT molecular complexity index is 2080. The van der Waals surface area contributed by atoms with Gasteiger partial charge in [0.05, 0.1) is 33.4 Å². The van der Waals surface area contributed by atoms with Gasteiger partial charge in [0.2, 0.25) is 11.6 Å². The van der Waals surface area contributed by atoms with Crippen LogP contribution in [0.3, 0.4) is 0 Å². The highest BCUT2D eigenvalue weighted by Gasteiger charge is 2.32. The van der Waals surface area contributed by atoms with Crippen LogP contribution in [0, 0.1) is 21.7 Å². The van der Waals surface area contributed by atoms with Crippen LogP contribution in [0.1, 0.15) is 28.4 Å². The van der Waals surface area contributed by atoms with Gasteiger partial charge in [0.1, 0.15) is 34.4 Å². The fraction of sp³-hybridized carbons (Fsp3) is 0.118. The summed E-state index contributed by atoms with van der Waals surface area (Å²) in [6.07, 6.45) is -7.81. The highest BCUT2D eigenvalue weighted by Crippen LogP contribution is 2.39. The Kier molecular flexibility index (Phi) is 12.2. The fourth-order valence-electron chi connectivity index (χ4n) is 4.14. The molecule has 0 aliphatic rings. The molecule has 18 heteroatoms. The maximum absolute atomic E-state index is 13.7. The maximum Gasteiger partial charge on any atom is 0.416 e. The molecule has 0 spiro atoms. The summed E-state index contributed by atoms with van der Waals surface area (Å²) in [6.45, 7) is 1.86. The van der Waals surface area contributed by atoms with Crippen molar-refractivity contribution in [2.45, 2.75) is 19.3 Å². The van der Waals surface area contributed by atoms with Gasteiger partial charge in [-0.15, -0.1) is 0 Å². The lowest BCUT2D eigenvalue weighted by Gasteiger charge is -2.12. The summed E-state index contributed by atoms with van der Waals surface area (Å²) < 4.78 is 119. The van der Waals surface area contributed by atoms with E-state index >= 15 is 0 Å². The number of carbonyl (C=O) groups is 1. The molecule has 5 rings (SSSR count). The van der Waals surface area contributed by atoms with Crippen LogP contribution in [0.25, 0.3) is 0 Å². The highest BCUT2D eigenvalue weighted by molar-refractivity contribution is 6.32. The second kappa shape index (κ2) is 16.4. The van der Waals surface area contributed by atoms with Gasteiger partial charge < -0.3 is 19.5 Å². The van der Waals surface area contributed by atoms with Gasteiger partial charge in [-0.05, 0) is 73.7 Å². The number of aromatic nitrogens is 1. The average molecular weight is 756 g/mol. The molecule has 0 atom stereocenters. The zero-order valence-electron chi connectivity index (χ0n) is 26.2. The number of nitro benzene ring substituents is 1. The Morgan fingerprint density at radius 2 is 1.52 bits per heavy atom. The van der Waals surface area contributed by atoms with E-state index in [1.165, 1.54) is 42.6 Å². The number of hydrogen-bond acceptors (Lipinski definition) is 7. The molecule has 0 unspecified atom stereocenters. The van der Waals surface area contributed by atoms with Crippen molar-refractivity contribution >= 4 is 28.9 Å². The zero-order chi connectivity index (χ0) is 38.2. The van der Waals surface area contributed by atoms with Gasteiger partial charge in [-0.1, -0.05) is 17.7 Å². The first-order valence-electron chi connectivity index (χ1n) is 14.5. The summed E-state index contributed by atoms with van der Waals surface area (Å²) in [7, 11) is 0. The number of pyridine rings is 1. The lowest BCUT2D eigenvalue weighted by atomic mass is 10.2. The second-order valence-corrected chi connectivity index (χ2v) is 10.5. The van der Waals surface area contributed by atoms with E-state index in [1.54, 1.807) is 6.92 Å². The number of halogens is 9. The lowest BCUT2D eigenvalue weighted by molar-refractivity contribution is -0.385. The van der Waals surface area contributed by atoms with Gasteiger partial charge in [0, 0.05) is 24.4 Å². The van der Waals surface area contributed by atoms with Crippen molar-refractivity contribution in [1.82, 2.24) is 4.98 Å². The second-order valence-electron chi connectivity index (χ2n) is 10.1. The molecule has 4 aromatic carbocycles. The van der Waals surface area contributed by atoms with Gasteiger partial charge in [0.25, 0.3) is 5.91 Å². The van der Waals surface area contributed by atoms with Crippen molar-refractivity contribution in [1.29, 1.82) is 0 Å². The predicted molar refractivity (Wildman–Crippen MR) is 171 cm³/mol. The number of nitrogens with one attached hydrogen (secondary N) is 1. The minimum Gasteiger partial charge on any atom is -0.487 e. The average Bonchev–Trinajstić information content (AvgIpc) is 3.07. The van der Waals surface area contributed by atoms with E-state index in [1.807, 2.05) is 0 Å². The molecule has 1 aromatic heterocycles. The van der Waals surface area contributed by atoms with Gasteiger partial charge in [-0.25, -0.2) is 13.8 Å². The summed E-state index contributed by atoms with van der Waals surface area (Å²) in [6, 6.07) is 15.7. The molecule has 1 amide bonds. The molecule has 0 radical (unpaired) electrons. The molecule has 5 aromatic rings. The summed E-state index contributed by atoms with van der Waals surface area (Å²) in [5.41, 5.74) is -2.51. The van der Waals surface area contributed by atoms with Gasteiger partial charge in [-0.2, -0.15) is 26.3 Å². The minimum absolute atomic E-state index is 0.0111. The Balaban J connectivity index is 0.000000236. The first-order chi connectivity index (χ1) is 24.5. The monoisotopic (exact) mass is 755 g/mol. The normalized spacial score (nSPS) is 11.2. The third-order valence-electron chi connectivity index (χ3n) is 6.49. The zero-order valence-corrected chi connectivity index (χ0v) is 26.9. The Morgan fingerprint density at radius 3 is 2.15 bits per heavy atom. The molecule has 1 heterocycles. The van der Waals surface area contributed by atoms with Gasteiger partial charge in [0.15, 0.2) is 0 Å². The number of ether oxygens (including phenoxy) is 3. The van der Waals surface area contributed by atoms with Crippen molar-refractivity contribution in [2.75, 3.05) is 11.9 Å². The van der Waals surface area contributed by atoms with Crippen LogP contribution in [0.15, 0.2) is 97.2 Å². The van der Waals surface area contributed by atoms with Crippen molar-refractivity contribution < 1.29 is 59.1 Å². The lowest BCUT2D eigenvalue weighted by Crippen LogP contribution is -2.14. The molecule has 9 nitrogen and oxygen atoms in total. The predicted octanol–water partition coefficient (Wildman–Crippen LogP) is 10.9. The number of anilines is 1. The van der Waals surface area contributed by atoms with Gasteiger partial charge >= 0.3 is 18.0 Å². The van der Waals surface area contributed by atoms with Crippen LogP contribution in [0.4, 0.5) is 46.5 Å². The molecule has 0 saturated heterocycles. The molecule has 0 aliphatic carbocycles. The third kappa shape index (κ3) is 10.3. The Morgan fingerprint density at radius 1 is 0.827 bits per heavy atom. The molecular weight excluding hydrogens is 734 g/mol. The molecule has 0 aliphatic heterocycles. The summed E-state index contributed by atoms with van der Waals surface area (Å²) in [5.74, 6) is -2.98. The number of alkyl halides is 6. The maximum atomic E-state index is 13.7. The van der Waals surface area contributed by atoms with E-state index < -0.39 is 45.9 Å². The molecule has 272 valence electrons. The minimum atomic E-state index is -4.57. The number of hydrogen-bond donors (Lipinski definition) is 1. The number of amides is 1. The number of rotatable bonds is 9. The summed E-state index contributed by atoms with van der Waals surface area (Å²) >= 11 is 5.80. The molecule has 0 bridgehead atoms. The van der Waals surface area contributed by atoms with E-state index in [4.69, 9.17) is 25.8 Å². The first-order valence-corrected chi connectivity index (χ1v) is 14.9. The van der Waals surface area contributed by atoms with Crippen molar-refractivity contribution in [3.8, 4) is 28.9 Å². The van der Waals surface area contributed by atoms with Gasteiger partial charge in [-0.3, -0.25) is 14.9 Å². The quantitative estimate of drug-likeness (QED) is 0.0905. The van der Waals surface area contributed by atoms with Crippen LogP contribution in [-0.4, -0.2) is 22.4 Å². The number of benzene rings is 4. The van der Waals surface area contributed by atoms with E-state index in [0.29, 0.717) is 6.07 Å². The topological polar surface area (TPSA) is 113 Å². The van der Waals surface area contributed by atoms with Crippen molar-refractivity contribution in [3.05, 3.63) is 141 Å². The van der Waals surface area contributed by atoms with E-state index in [0.717, 1.165) is 48.5 Å². The fourth-order valence-corrected chi connectivity index (χ4v) is 4.36. The van der Waals surface area contributed by atoms with Crippen LogP contribution < -0.4 is 19.5 Å². The van der Waals surface area contributed by atoms with E-state index in [-0.39, 0.29) is 57.4 Å². The molecular formula is C34H22ClF8N3O6. The van der Waals surface area contributed by atoms with Crippen molar-refractivity contribution in [3.63, 3.8) is 0 Å². The Labute approximate surface area is 293 Å². The molecule has 52 heavy (non-hydrogen) atoms. The largest absolute Gasteiger partial charge is 0.487 e. The van der Waals surface area contributed by atoms with Crippen LogP contribution in [0.2, 0.25) is 5.02 Å².